The third-order valence-electron chi connectivity index (χ3n) is 2.53. The molecule has 2 aromatic rings. The molecule has 0 aromatic heterocycles. The summed E-state index contributed by atoms with van der Waals surface area (Å²) in [6.07, 6.45) is 0. The molecule has 0 saturated carbocycles. The number of anilines is 3. The van der Waals surface area contributed by atoms with Gasteiger partial charge in [0, 0.05) is 7.05 Å². The number of hydrogen-bond donors (Lipinski definition) is 2. The smallest absolute Gasteiger partial charge is 0.253 e. The minimum absolute atomic E-state index is 0.280. The second-order valence-corrected chi connectivity index (χ2v) is 3.48. The largest absolute Gasteiger partial charge is 0.495 e. The molecule has 0 aliphatic heterocycles. The average molecular weight is 232 g/mol. The fourth-order valence-electron chi connectivity index (χ4n) is 1.63. The molecular weight excluding hydrogens is 220 g/mol. The lowest BCUT2D eigenvalue weighted by Crippen LogP contribution is -2.35. The molecule has 0 unspecified atom stereocenters. The molecule has 88 valence electrons. The number of para-hydroxylation sites is 2. The van der Waals surface area contributed by atoms with Gasteiger partial charge in [0.15, 0.2) is 0 Å². The molecule has 0 saturated heterocycles. The summed E-state index contributed by atoms with van der Waals surface area (Å²) in [7, 11) is 3.14. The van der Waals surface area contributed by atoms with Crippen LogP contribution >= 0.6 is 0 Å². The average Bonchev–Trinajstić information content (AvgIpc) is 2.38. The zero-order valence-corrected chi connectivity index (χ0v) is 9.53. The van der Waals surface area contributed by atoms with Crippen LogP contribution in [0.4, 0.5) is 17.1 Å². The summed E-state index contributed by atoms with van der Waals surface area (Å²) in [5, 5.41) is 5.60. The molecule has 0 radical (unpaired) electrons. The maximum absolute atomic E-state index is 11.4. The molecule has 0 aliphatic rings. The van der Waals surface area contributed by atoms with Gasteiger partial charge in [0.2, 0.25) is 0 Å². The van der Waals surface area contributed by atoms with Gasteiger partial charge in [-0.15, -0.1) is 0 Å². The van der Waals surface area contributed by atoms with Crippen LogP contribution in [0.25, 0.3) is 0 Å². The molecule has 0 bridgehead atoms. The van der Waals surface area contributed by atoms with Crippen molar-refractivity contribution in [3.05, 3.63) is 44.7 Å². The van der Waals surface area contributed by atoms with E-state index in [9.17, 15) is 9.59 Å². The molecule has 0 atom stereocenters. The minimum Gasteiger partial charge on any atom is -0.495 e. The van der Waals surface area contributed by atoms with Gasteiger partial charge in [-0.2, -0.15) is 0 Å². The highest BCUT2D eigenvalue weighted by molar-refractivity contribution is 5.80. The lowest BCUT2D eigenvalue weighted by Gasteiger charge is -2.14. The Morgan fingerprint density at radius 1 is 1.06 bits per heavy atom. The molecular formula is C12H12N2O3. The first-order chi connectivity index (χ1) is 8.19. The van der Waals surface area contributed by atoms with Crippen molar-refractivity contribution in [2.24, 2.45) is 0 Å². The van der Waals surface area contributed by atoms with Crippen molar-refractivity contribution in [1.29, 1.82) is 0 Å². The van der Waals surface area contributed by atoms with E-state index in [-0.39, 0.29) is 5.69 Å². The molecule has 2 N–H and O–H groups in total. The van der Waals surface area contributed by atoms with Crippen molar-refractivity contribution in [2.45, 2.75) is 0 Å². The van der Waals surface area contributed by atoms with Crippen molar-refractivity contribution >= 4 is 17.1 Å². The Morgan fingerprint density at radius 2 is 1.71 bits per heavy atom. The van der Waals surface area contributed by atoms with Gasteiger partial charge in [-0.3, -0.25) is 9.59 Å². The van der Waals surface area contributed by atoms with Crippen LogP contribution in [0.2, 0.25) is 0 Å². The van der Waals surface area contributed by atoms with E-state index >= 15 is 0 Å². The topological polar surface area (TPSA) is 67.4 Å². The maximum Gasteiger partial charge on any atom is 0.253 e. The predicted molar refractivity (Wildman–Crippen MR) is 67.2 cm³/mol. The summed E-state index contributed by atoms with van der Waals surface area (Å²) in [6, 6.07) is 7.18. The molecule has 5 nitrogen and oxygen atoms in total. The van der Waals surface area contributed by atoms with Crippen molar-refractivity contribution in [1.82, 2.24) is 0 Å². The highest BCUT2D eigenvalue weighted by Crippen LogP contribution is 2.28. The van der Waals surface area contributed by atoms with E-state index in [1.165, 1.54) is 0 Å². The van der Waals surface area contributed by atoms with Crippen molar-refractivity contribution in [2.75, 3.05) is 24.8 Å². The summed E-state index contributed by atoms with van der Waals surface area (Å²) in [5.74, 6) is 0.614. The van der Waals surface area contributed by atoms with Crippen LogP contribution in [0.1, 0.15) is 0 Å². The predicted octanol–water partition coefficient (Wildman–Crippen LogP) is 1.08. The zero-order valence-electron chi connectivity index (χ0n) is 9.53. The van der Waals surface area contributed by atoms with Crippen LogP contribution < -0.4 is 26.2 Å². The molecule has 0 aliphatic carbocycles. The van der Waals surface area contributed by atoms with E-state index in [0.717, 1.165) is 0 Å². The third-order valence-corrected chi connectivity index (χ3v) is 2.53. The highest BCUT2D eigenvalue weighted by atomic mass is 16.5. The van der Waals surface area contributed by atoms with Crippen LogP contribution in [0, 0.1) is 0 Å². The van der Waals surface area contributed by atoms with Crippen LogP contribution in [0.3, 0.4) is 0 Å². The second-order valence-electron chi connectivity index (χ2n) is 3.48. The van der Waals surface area contributed by atoms with Gasteiger partial charge < -0.3 is 15.4 Å². The number of nitrogens with one attached hydrogen (secondary N) is 2. The van der Waals surface area contributed by atoms with Gasteiger partial charge in [-0.25, -0.2) is 0 Å². The first-order valence-corrected chi connectivity index (χ1v) is 5.10. The molecule has 5 heteroatoms. The van der Waals surface area contributed by atoms with E-state index in [0.29, 0.717) is 17.1 Å². The molecule has 0 amide bonds. The number of hydrogen-bond acceptors (Lipinski definition) is 5. The molecule has 0 heterocycles. The Balaban J connectivity index is 2.36. The Bertz CT molecular complexity index is 612. The van der Waals surface area contributed by atoms with Gasteiger partial charge in [0.1, 0.15) is 17.1 Å². The Kier molecular flexibility index (Phi) is 2.82. The normalized spacial score (nSPS) is 10.2. The Labute approximate surface area is 97.7 Å². The molecule has 0 fully saturated rings. The molecule has 2 aromatic carbocycles. The quantitative estimate of drug-likeness (QED) is 0.772. The van der Waals surface area contributed by atoms with Gasteiger partial charge >= 0.3 is 0 Å². The second kappa shape index (κ2) is 4.29. The first kappa shape index (κ1) is 11.2. The first-order valence-electron chi connectivity index (χ1n) is 5.10. The standard InChI is InChI=1S/C12H12N2O3/c1-13-9-10(12(16)11(9)15)14-7-5-3-4-6-8(7)17-2/h3-6,13-14H,1-2H3. The third kappa shape index (κ3) is 1.75. The fourth-order valence-corrected chi connectivity index (χ4v) is 1.63. The van der Waals surface area contributed by atoms with E-state index in [4.69, 9.17) is 4.74 Å². The van der Waals surface area contributed by atoms with E-state index in [1.807, 2.05) is 12.1 Å². The summed E-state index contributed by atoms with van der Waals surface area (Å²) < 4.78 is 5.14. The summed E-state index contributed by atoms with van der Waals surface area (Å²) >= 11 is 0. The molecule has 17 heavy (non-hydrogen) atoms. The molecule has 2 rings (SSSR count). The number of benzene rings is 1. The van der Waals surface area contributed by atoms with Crippen molar-refractivity contribution < 1.29 is 4.74 Å². The van der Waals surface area contributed by atoms with Gasteiger partial charge in [-0.1, -0.05) is 12.1 Å². The van der Waals surface area contributed by atoms with Gasteiger partial charge in [0.05, 0.1) is 12.8 Å². The Hall–Kier alpha value is -2.30. The fraction of sp³-hybridized carbons (Fsp3) is 0.167. The SMILES string of the molecule is CNc1c(Nc2ccccc2OC)c(=O)c1=O. The maximum atomic E-state index is 11.4. The van der Waals surface area contributed by atoms with Crippen LogP contribution in [-0.4, -0.2) is 14.2 Å². The van der Waals surface area contributed by atoms with Crippen molar-refractivity contribution in [3.8, 4) is 5.75 Å². The minimum atomic E-state index is -0.514. The van der Waals surface area contributed by atoms with E-state index < -0.39 is 10.9 Å². The Morgan fingerprint density at radius 3 is 2.35 bits per heavy atom. The van der Waals surface area contributed by atoms with Gasteiger partial charge in [0.25, 0.3) is 10.9 Å². The van der Waals surface area contributed by atoms with E-state index in [2.05, 4.69) is 10.6 Å². The van der Waals surface area contributed by atoms with Crippen molar-refractivity contribution in [3.63, 3.8) is 0 Å². The summed E-state index contributed by atoms with van der Waals surface area (Å²) in [6.45, 7) is 0. The van der Waals surface area contributed by atoms with E-state index in [1.54, 1.807) is 26.3 Å². The number of methoxy groups -OCH3 is 1. The summed E-state index contributed by atoms with van der Waals surface area (Å²) in [4.78, 5) is 22.6. The highest BCUT2D eigenvalue weighted by Gasteiger charge is 2.20. The van der Waals surface area contributed by atoms with Gasteiger partial charge in [-0.05, 0) is 12.1 Å². The monoisotopic (exact) mass is 232 g/mol. The number of rotatable bonds is 4. The zero-order chi connectivity index (χ0) is 12.4. The van der Waals surface area contributed by atoms with Crippen LogP contribution in [0.5, 0.6) is 5.75 Å². The molecule has 0 spiro atoms. The van der Waals surface area contributed by atoms with Crippen LogP contribution in [0.15, 0.2) is 33.9 Å². The van der Waals surface area contributed by atoms with Crippen LogP contribution in [-0.2, 0) is 0 Å². The lowest BCUT2D eigenvalue weighted by molar-refractivity contribution is 0.417. The lowest BCUT2D eigenvalue weighted by atomic mass is 10.1. The number of ether oxygens (including phenoxy) is 1. The summed E-state index contributed by atoms with van der Waals surface area (Å²) in [5.41, 5.74) is 0.228.